The van der Waals surface area contributed by atoms with Crippen molar-refractivity contribution in [1.82, 2.24) is 10.2 Å². The van der Waals surface area contributed by atoms with E-state index in [1.54, 1.807) is 44.4 Å². The van der Waals surface area contributed by atoms with Crippen molar-refractivity contribution in [3.63, 3.8) is 0 Å². The summed E-state index contributed by atoms with van der Waals surface area (Å²) in [6.07, 6.45) is 0. The second-order valence-electron chi connectivity index (χ2n) is 7.99. The van der Waals surface area contributed by atoms with Gasteiger partial charge >= 0.3 is 0 Å². The number of amides is 2. The van der Waals surface area contributed by atoms with Crippen LogP contribution in [0.25, 0.3) is 0 Å². The molecule has 0 radical (unpaired) electrons. The monoisotopic (exact) mass is 432 g/mol. The average Bonchev–Trinajstić information content (AvgIpc) is 2.70. The highest BCUT2D eigenvalue weighted by Crippen LogP contribution is 2.20. The second kappa shape index (κ2) is 10.3. The van der Waals surface area contributed by atoms with Crippen LogP contribution in [0, 0.1) is 0 Å². The molecule has 0 fully saturated rings. The maximum Gasteiger partial charge on any atom is 0.261 e. The third kappa shape index (κ3) is 6.95. The summed E-state index contributed by atoms with van der Waals surface area (Å²) in [6.45, 7) is 7.37. The maximum absolute atomic E-state index is 13.0. The van der Waals surface area contributed by atoms with Gasteiger partial charge in [-0.1, -0.05) is 29.8 Å². The summed E-state index contributed by atoms with van der Waals surface area (Å²) < 4.78 is 10.8. The van der Waals surface area contributed by atoms with Gasteiger partial charge in [0.1, 0.15) is 17.5 Å². The van der Waals surface area contributed by atoms with Gasteiger partial charge in [-0.2, -0.15) is 0 Å². The largest absolute Gasteiger partial charge is 0.497 e. The molecular weight excluding hydrogens is 404 g/mol. The number of carbonyl (C=O) groups is 2. The normalized spacial score (nSPS) is 12.1. The van der Waals surface area contributed by atoms with Crippen LogP contribution in [0.15, 0.2) is 48.5 Å². The summed E-state index contributed by atoms with van der Waals surface area (Å²) in [5, 5.41) is 3.46. The van der Waals surface area contributed by atoms with Crippen molar-refractivity contribution in [1.29, 1.82) is 0 Å². The van der Waals surface area contributed by atoms with Crippen molar-refractivity contribution in [2.45, 2.75) is 45.8 Å². The standard InChI is InChI=1S/C23H29ClN2O4/c1-16(22(28)25-23(2,3)4)26(14-17-8-6-7-9-20(17)24)21(27)15-30-19-12-10-18(29-5)11-13-19/h6-13,16H,14-15H2,1-5H3,(H,25,28)/t16-/m0/s1. The van der Waals surface area contributed by atoms with Crippen LogP contribution in [0.2, 0.25) is 5.02 Å². The number of carbonyl (C=O) groups excluding carboxylic acids is 2. The number of methoxy groups -OCH3 is 1. The summed E-state index contributed by atoms with van der Waals surface area (Å²) in [5.74, 6) is 0.671. The lowest BCUT2D eigenvalue weighted by Crippen LogP contribution is -2.53. The number of nitrogens with zero attached hydrogens (tertiary/aromatic N) is 1. The quantitative estimate of drug-likeness (QED) is 0.683. The molecule has 0 spiro atoms. The number of benzene rings is 2. The second-order valence-corrected chi connectivity index (χ2v) is 8.40. The van der Waals surface area contributed by atoms with Gasteiger partial charge in [-0.3, -0.25) is 9.59 Å². The number of nitrogens with one attached hydrogen (secondary N) is 1. The maximum atomic E-state index is 13.0. The first-order valence-corrected chi connectivity index (χ1v) is 10.1. The van der Waals surface area contributed by atoms with Crippen molar-refractivity contribution in [3.8, 4) is 11.5 Å². The molecule has 0 aliphatic rings. The molecule has 0 aromatic heterocycles. The molecule has 162 valence electrons. The van der Waals surface area contributed by atoms with E-state index in [1.807, 2.05) is 39.0 Å². The minimum Gasteiger partial charge on any atom is -0.497 e. The zero-order valence-electron chi connectivity index (χ0n) is 18.1. The Hall–Kier alpha value is -2.73. The molecule has 0 saturated heterocycles. The fourth-order valence-corrected chi connectivity index (χ4v) is 2.96. The Balaban J connectivity index is 2.16. The SMILES string of the molecule is COc1ccc(OCC(=O)N(Cc2ccccc2Cl)[C@@H](C)C(=O)NC(C)(C)C)cc1. The van der Waals surface area contributed by atoms with Crippen molar-refractivity contribution in [2.24, 2.45) is 0 Å². The van der Waals surface area contributed by atoms with Gasteiger partial charge in [-0.05, 0) is 63.6 Å². The van der Waals surface area contributed by atoms with E-state index in [2.05, 4.69) is 5.32 Å². The van der Waals surface area contributed by atoms with Crippen molar-refractivity contribution in [3.05, 3.63) is 59.1 Å². The highest BCUT2D eigenvalue weighted by Gasteiger charge is 2.29. The zero-order valence-corrected chi connectivity index (χ0v) is 18.8. The fourth-order valence-electron chi connectivity index (χ4n) is 2.77. The van der Waals surface area contributed by atoms with Crippen molar-refractivity contribution in [2.75, 3.05) is 13.7 Å². The van der Waals surface area contributed by atoms with Gasteiger partial charge in [0.25, 0.3) is 5.91 Å². The zero-order chi connectivity index (χ0) is 22.3. The van der Waals surface area contributed by atoms with Crippen LogP contribution in [0.3, 0.4) is 0 Å². The molecule has 0 aliphatic carbocycles. The third-order valence-corrected chi connectivity index (χ3v) is 4.75. The highest BCUT2D eigenvalue weighted by atomic mass is 35.5. The molecule has 30 heavy (non-hydrogen) atoms. The van der Waals surface area contributed by atoms with Crippen LogP contribution in [-0.2, 0) is 16.1 Å². The smallest absolute Gasteiger partial charge is 0.261 e. The molecule has 7 heteroatoms. The number of hydrogen-bond donors (Lipinski definition) is 1. The Morgan fingerprint density at radius 2 is 1.67 bits per heavy atom. The van der Waals surface area contributed by atoms with Crippen LogP contribution in [0.4, 0.5) is 0 Å². The lowest BCUT2D eigenvalue weighted by atomic mass is 10.1. The van der Waals surface area contributed by atoms with Gasteiger partial charge in [0, 0.05) is 17.1 Å². The van der Waals surface area contributed by atoms with Gasteiger partial charge in [-0.25, -0.2) is 0 Å². The first-order chi connectivity index (χ1) is 14.1. The van der Waals surface area contributed by atoms with E-state index in [-0.39, 0.29) is 25.0 Å². The van der Waals surface area contributed by atoms with Crippen LogP contribution in [-0.4, -0.2) is 42.0 Å². The molecule has 2 rings (SSSR count). The molecule has 6 nitrogen and oxygen atoms in total. The Morgan fingerprint density at radius 1 is 1.07 bits per heavy atom. The third-order valence-electron chi connectivity index (χ3n) is 4.39. The van der Waals surface area contributed by atoms with E-state index in [0.29, 0.717) is 16.5 Å². The van der Waals surface area contributed by atoms with E-state index < -0.39 is 11.6 Å². The van der Waals surface area contributed by atoms with E-state index in [1.165, 1.54) is 4.90 Å². The number of rotatable bonds is 8. The summed E-state index contributed by atoms with van der Waals surface area (Å²) >= 11 is 6.28. The molecule has 0 heterocycles. The van der Waals surface area contributed by atoms with Crippen LogP contribution < -0.4 is 14.8 Å². The summed E-state index contributed by atoms with van der Waals surface area (Å²) in [4.78, 5) is 27.2. The number of halogens is 1. The molecule has 0 unspecified atom stereocenters. The predicted octanol–water partition coefficient (Wildman–Crippen LogP) is 4.06. The predicted molar refractivity (Wildman–Crippen MR) is 118 cm³/mol. The fraction of sp³-hybridized carbons (Fsp3) is 0.391. The van der Waals surface area contributed by atoms with Gasteiger partial charge in [-0.15, -0.1) is 0 Å². The van der Waals surface area contributed by atoms with Crippen LogP contribution in [0.1, 0.15) is 33.3 Å². The summed E-state index contributed by atoms with van der Waals surface area (Å²) in [6, 6.07) is 13.5. The first-order valence-electron chi connectivity index (χ1n) is 9.72. The van der Waals surface area contributed by atoms with E-state index in [9.17, 15) is 9.59 Å². The Kier molecular flexibility index (Phi) is 8.12. The molecule has 2 amide bonds. The Labute approximate surface area is 183 Å². The van der Waals surface area contributed by atoms with E-state index in [4.69, 9.17) is 21.1 Å². The minimum atomic E-state index is -0.701. The molecule has 0 saturated carbocycles. The first kappa shape index (κ1) is 23.5. The average molecular weight is 433 g/mol. The van der Waals surface area contributed by atoms with Crippen molar-refractivity contribution < 1.29 is 19.1 Å². The molecule has 1 atom stereocenters. The van der Waals surface area contributed by atoms with E-state index >= 15 is 0 Å². The summed E-state index contributed by atoms with van der Waals surface area (Å²) in [5.41, 5.74) is 0.344. The summed E-state index contributed by atoms with van der Waals surface area (Å²) in [7, 11) is 1.58. The van der Waals surface area contributed by atoms with Crippen LogP contribution >= 0.6 is 11.6 Å². The molecule has 0 aliphatic heterocycles. The minimum absolute atomic E-state index is 0.198. The Morgan fingerprint density at radius 3 is 2.23 bits per heavy atom. The molecular formula is C23H29ClN2O4. The van der Waals surface area contributed by atoms with Crippen molar-refractivity contribution >= 4 is 23.4 Å². The van der Waals surface area contributed by atoms with Crippen LogP contribution in [0.5, 0.6) is 11.5 Å². The van der Waals surface area contributed by atoms with Gasteiger partial charge in [0.2, 0.25) is 5.91 Å². The number of hydrogen-bond acceptors (Lipinski definition) is 4. The molecule has 1 N–H and O–H groups in total. The van der Waals surface area contributed by atoms with Gasteiger partial charge < -0.3 is 19.7 Å². The molecule has 0 bridgehead atoms. The molecule has 2 aromatic carbocycles. The lowest BCUT2D eigenvalue weighted by molar-refractivity contribution is -0.142. The topological polar surface area (TPSA) is 67.9 Å². The van der Waals surface area contributed by atoms with E-state index in [0.717, 1.165) is 5.56 Å². The Bertz CT molecular complexity index is 862. The van der Waals surface area contributed by atoms with Gasteiger partial charge in [0.05, 0.1) is 7.11 Å². The molecule has 2 aromatic rings. The van der Waals surface area contributed by atoms with Gasteiger partial charge in [0.15, 0.2) is 6.61 Å². The number of ether oxygens (including phenoxy) is 2. The lowest BCUT2D eigenvalue weighted by Gasteiger charge is -2.31. The highest BCUT2D eigenvalue weighted by molar-refractivity contribution is 6.31.